The highest BCUT2D eigenvalue weighted by Gasteiger charge is 2.17. The summed E-state index contributed by atoms with van der Waals surface area (Å²) in [6, 6.07) is 7.31. The predicted octanol–water partition coefficient (Wildman–Crippen LogP) is 4.27. The van der Waals surface area contributed by atoms with Gasteiger partial charge in [0.2, 0.25) is 11.9 Å². The number of piperidine rings is 1. The highest BCUT2D eigenvalue weighted by Crippen LogP contribution is 2.24. The Morgan fingerprint density at radius 1 is 1.10 bits per heavy atom. The Bertz CT molecular complexity index is 1050. The molecule has 0 bridgehead atoms. The molecule has 1 fully saturated rings. The second-order valence-electron chi connectivity index (χ2n) is 6.58. The number of hydrogen-bond donors (Lipinski definition) is 3. The van der Waals surface area contributed by atoms with Gasteiger partial charge in [0.15, 0.2) is 0 Å². The number of aromatic nitrogens is 3. The van der Waals surface area contributed by atoms with Gasteiger partial charge in [0.1, 0.15) is 5.58 Å². The van der Waals surface area contributed by atoms with Crippen LogP contribution in [0, 0.1) is 6.92 Å². The van der Waals surface area contributed by atoms with Crippen LogP contribution < -0.4 is 32.9 Å². The van der Waals surface area contributed by atoms with Gasteiger partial charge in [-0.3, -0.25) is 0 Å². The predicted molar refractivity (Wildman–Crippen MR) is 124 cm³/mol. The van der Waals surface area contributed by atoms with E-state index in [1.165, 1.54) is 19.6 Å². The molecule has 1 aromatic carbocycles. The SMILES string of the molecule is COc1nc(Nc2ccc3c(C)cc(=O)oc3c2)nc(N2CCCCC2)n1.Cl.N.N.[HH].[HH]. The molecule has 0 unspecified atom stereocenters. The van der Waals surface area contributed by atoms with Crippen molar-refractivity contribution in [3.63, 3.8) is 0 Å². The molecule has 2 aromatic heterocycles. The number of hydrogen-bond acceptors (Lipinski definition) is 10. The lowest BCUT2D eigenvalue weighted by Crippen LogP contribution is -2.31. The van der Waals surface area contributed by atoms with E-state index in [4.69, 9.17) is 9.15 Å². The third-order valence-electron chi connectivity index (χ3n) is 4.63. The first kappa shape index (κ1) is 25.1. The van der Waals surface area contributed by atoms with Crippen LogP contribution in [0.5, 0.6) is 6.01 Å². The topological polar surface area (TPSA) is 163 Å². The molecule has 0 aliphatic carbocycles. The second kappa shape index (κ2) is 10.7. The van der Waals surface area contributed by atoms with Gasteiger partial charge >= 0.3 is 11.6 Å². The van der Waals surface area contributed by atoms with Crippen LogP contribution in [0.2, 0.25) is 0 Å². The average molecular weight is 442 g/mol. The van der Waals surface area contributed by atoms with Crippen LogP contribution >= 0.6 is 12.4 Å². The van der Waals surface area contributed by atoms with Gasteiger partial charge in [0.05, 0.1) is 7.11 Å². The van der Waals surface area contributed by atoms with Gasteiger partial charge in [-0.15, -0.1) is 12.4 Å². The van der Waals surface area contributed by atoms with Crippen LogP contribution in [-0.2, 0) is 0 Å². The fourth-order valence-corrected chi connectivity index (χ4v) is 3.26. The maximum absolute atomic E-state index is 11.6. The summed E-state index contributed by atoms with van der Waals surface area (Å²) < 4.78 is 10.5. The highest BCUT2D eigenvalue weighted by atomic mass is 35.5. The number of nitrogens with one attached hydrogen (secondary N) is 1. The molecule has 3 heterocycles. The lowest BCUT2D eigenvalue weighted by atomic mass is 10.1. The van der Waals surface area contributed by atoms with Crippen LogP contribution in [0.1, 0.15) is 27.7 Å². The normalized spacial score (nSPS) is 12.9. The quantitative estimate of drug-likeness (QED) is 0.498. The number of halogens is 1. The molecule has 3 aromatic rings. The van der Waals surface area contributed by atoms with Crippen molar-refractivity contribution in [1.29, 1.82) is 0 Å². The maximum atomic E-state index is 11.6. The third-order valence-corrected chi connectivity index (χ3v) is 4.63. The van der Waals surface area contributed by atoms with Crippen LogP contribution in [0.25, 0.3) is 11.0 Å². The minimum absolute atomic E-state index is 0. The number of benzene rings is 1. The molecular formula is C19H32ClN7O3. The summed E-state index contributed by atoms with van der Waals surface area (Å²) in [6.07, 6.45) is 3.48. The van der Waals surface area contributed by atoms with E-state index in [1.54, 1.807) is 6.07 Å². The number of rotatable bonds is 4. The lowest BCUT2D eigenvalue weighted by Gasteiger charge is -2.26. The molecule has 4 rings (SSSR count). The number of nitrogens with zero attached hydrogens (tertiary/aromatic N) is 4. The van der Waals surface area contributed by atoms with Crippen molar-refractivity contribution in [2.24, 2.45) is 0 Å². The highest BCUT2D eigenvalue weighted by molar-refractivity contribution is 5.85. The van der Waals surface area contributed by atoms with Crippen molar-refractivity contribution in [3.05, 3.63) is 40.2 Å². The molecule has 0 spiro atoms. The van der Waals surface area contributed by atoms with E-state index in [0.717, 1.165) is 36.9 Å². The van der Waals surface area contributed by atoms with Crippen molar-refractivity contribution < 1.29 is 12.0 Å². The van der Waals surface area contributed by atoms with Gasteiger partial charge in [-0.25, -0.2) is 4.79 Å². The number of methoxy groups -OCH3 is 1. The van der Waals surface area contributed by atoms with Crippen molar-refractivity contribution in [1.82, 2.24) is 27.3 Å². The van der Waals surface area contributed by atoms with Crippen molar-refractivity contribution in [2.45, 2.75) is 26.2 Å². The van der Waals surface area contributed by atoms with Gasteiger partial charge in [-0.2, -0.15) is 15.0 Å². The Labute approximate surface area is 183 Å². The first-order chi connectivity index (χ1) is 13.1. The van der Waals surface area contributed by atoms with Crippen LogP contribution in [0.3, 0.4) is 0 Å². The van der Waals surface area contributed by atoms with E-state index in [-0.39, 0.29) is 39.2 Å². The summed E-state index contributed by atoms with van der Waals surface area (Å²) >= 11 is 0. The zero-order valence-electron chi connectivity index (χ0n) is 17.2. The zero-order valence-corrected chi connectivity index (χ0v) is 18.0. The van der Waals surface area contributed by atoms with Crippen LogP contribution in [-0.4, -0.2) is 35.2 Å². The van der Waals surface area contributed by atoms with Gasteiger partial charge in [0, 0.05) is 39.1 Å². The molecule has 0 saturated carbocycles. The minimum atomic E-state index is -0.369. The molecule has 1 aliphatic heterocycles. The van der Waals surface area contributed by atoms with Gasteiger partial charge in [-0.1, -0.05) is 0 Å². The van der Waals surface area contributed by atoms with Crippen LogP contribution in [0.4, 0.5) is 17.6 Å². The molecule has 1 aliphatic rings. The van der Waals surface area contributed by atoms with E-state index in [9.17, 15) is 4.79 Å². The van der Waals surface area contributed by atoms with E-state index in [2.05, 4.69) is 25.2 Å². The number of anilines is 3. The fraction of sp³-hybridized carbons (Fsp3) is 0.368. The Morgan fingerprint density at radius 3 is 2.53 bits per heavy atom. The minimum Gasteiger partial charge on any atom is -0.467 e. The molecule has 0 radical (unpaired) electrons. The van der Waals surface area contributed by atoms with E-state index in [1.807, 2.05) is 19.1 Å². The number of aryl methyl sites for hydroxylation is 1. The molecule has 30 heavy (non-hydrogen) atoms. The average Bonchev–Trinajstić information content (AvgIpc) is 2.68. The number of ether oxygens (including phenoxy) is 1. The van der Waals surface area contributed by atoms with Crippen molar-refractivity contribution in [2.75, 3.05) is 30.4 Å². The van der Waals surface area contributed by atoms with E-state index in [0.29, 0.717) is 23.2 Å². The standard InChI is InChI=1S/C19H21N5O3.ClH.2H3N.2H2/c1-12-10-16(25)27-15-11-13(6-7-14(12)15)20-17-21-18(23-19(22-17)26-2)24-8-4-3-5-9-24;;;;;/h6-7,10-11H,3-5,8-9H2,1-2H3,(H,20,21,22,23);1H;2*1H3;2*1H. The largest absolute Gasteiger partial charge is 0.467 e. The lowest BCUT2D eigenvalue weighted by molar-refractivity contribution is 0.378. The van der Waals surface area contributed by atoms with Gasteiger partial charge in [0.25, 0.3) is 0 Å². The van der Waals surface area contributed by atoms with Crippen molar-refractivity contribution in [3.8, 4) is 6.01 Å². The van der Waals surface area contributed by atoms with E-state index >= 15 is 0 Å². The first-order valence-electron chi connectivity index (χ1n) is 8.99. The second-order valence-corrected chi connectivity index (χ2v) is 6.58. The molecule has 11 heteroatoms. The third kappa shape index (κ3) is 5.35. The number of fused-ring (bicyclic) bond motifs is 1. The van der Waals surface area contributed by atoms with E-state index < -0.39 is 0 Å². The Balaban J connectivity index is 0. The Hall–Kier alpha value is -2.95. The first-order valence-corrected chi connectivity index (χ1v) is 8.99. The smallest absolute Gasteiger partial charge is 0.336 e. The summed E-state index contributed by atoms with van der Waals surface area (Å²) in [7, 11) is 1.53. The molecule has 1 saturated heterocycles. The molecule has 0 atom stereocenters. The van der Waals surface area contributed by atoms with Gasteiger partial charge < -0.3 is 31.7 Å². The maximum Gasteiger partial charge on any atom is 0.336 e. The Morgan fingerprint density at radius 2 is 1.83 bits per heavy atom. The fourth-order valence-electron chi connectivity index (χ4n) is 3.26. The zero-order chi connectivity index (χ0) is 18.8. The molecule has 10 nitrogen and oxygen atoms in total. The summed E-state index contributed by atoms with van der Waals surface area (Å²) in [6.45, 7) is 3.73. The molecular weight excluding hydrogens is 410 g/mol. The summed E-state index contributed by atoms with van der Waals surface area (Å²) in [5.74, 6) is 0.990. The van der Waals surface area contributed by atoms with Crippen LogP contribution in [0.15, 0.2) is 33.5 Å². The Kier molecular flexibility index (Phi) is 8.96. The molecule has 168 valence electrons. The summed E-state index contributed by atoms with van der Waals surface area (Å²) in [5.41, 5.74) is 1.74. The summed E-state index contributed by atoms with van der Waals surface area (Å²) in [5, 5.41) is 4.05. The molecule has 7 N–H and O–H groups in total. The monoisotopic (exact) mass is 441 g/mol. The molecule has 0 amide bonds. The van der Waals surface area contributed by atoms with Gasteiger partial charge in [-0.05, 0) is 43.9 Å². The van der Waals surface area contributed by atoms with Crippen molar-refractivity contribution >= 4 is 41.0 Å². The summed E-state index contributed by atoms with van der Waals surface area (Å²) in [4.78, 5) is 27.0.